The summed E-state index contributed by atoms with van der Waals surface area (Å²) in [5.41, 5.74) is 1.02. The van der Waals surface area contributed by atoms with Crippen LogP contribution in [-0.2, 0) is 11.2 Å². The minimum Gasteiger partial charge on any atom is -0.481 e. The highest BCUT2D eigenvalue weighted by Gasteiger charge is 2.42. The van der Waals surface area contributed by atoms with Gasteiger partial charge in [0.25, 0.3) is 0 Å². The van der Waals surface area contributed by atoms with Crippen LogP contribution in [0.1, 0.15) is 12.0 Å². The minimum atomic E-state index is -0.679. The molecule has 1 aliphatic carbocycles. The minimum absolute atomic E-state index is 0.139. The lowest BCUT2D eigenvalue weighted by Crippen LogP contribution is -2.01. The van der Waals surface area contributed by atoms with E-state index in [0.717, 1.165) is 18.4 Å². The second-order valence-electron chi connectivity index (χ2n) is 3.39. The zero-order valence-electron chi connectivity index (χ0n) is 7.05. The first-order valence-electron chi connectivity index (χ1n) is 4.24. The number of hydrogen-bond acceptors (Lipinski definition) is 3. The van der Waals surface area contributed by atoms with Crippen LogP contribution >= 0.6 is 0 Å². The fourth-order valence-electron chi connectivity index (χ4n) is 1.51. The van der Waals surface area contributed by atoms with Crippen molar-refractivity contribution in [3.63, 3.8) is 0 Å². The van der Waals surface area contributed by atoms with Gasteiger partial charge in [-0.25, -0.2) is 9.97 Å². The summed E-state index contributed by atoms with van der Waals surface area (Å²) in [5.74, 6) is -0.523. The lowest BCUT2D eigenvalue weighted by molar-refractivity contribution is -0.138. The van der Waals surface area contributed by atoms with E-state index in [0.29, 0.717) is 5.92 Å². The van der Waals surface area contributed by atoms with Crippen LogP contribution in [0.4, 0.5) is 0 Å². The van der Waals surface area contributed by atoms with Crippen molar-refractivity contribution >= 4 is 5.97 Å². The van der Waals surface area contributed by atoms with E-state index in [2.05, 4.69) is 9.97 Å². The maximum absolute atomic E-state index is 10.5. The summed E-state index contributed by atoms with van der Waals surface area (Å²) < 4.78 is 0. The van der Waals surface area contributed by atoms with Gasteiger partial charge in [0.2, 0.25) is 0 Å². The fraction of sp³-hybridized carbons (Fsp3) is 0.444. The van der Waals surface area contributed by atoms with Gasteiger partial charge >= 0.3 is 5.97 Å². The van der Waals surface area contributed by atoms with Crippen LogP contribution in [0.5, 0.6) is 0 Å². The van der Waals surface area contributed by atoms with Gasteiger partial charge in [-0.1, -0.05) is 0 Å². The van der Waals surface area contributed by atoms with Gasteiger partial charge in [-0.05, 0) is 24.3 Å². The Morgan fingerprint density at radius 3 is 2.77 bits per heavy atom. The molecule has 1 N–H and O–H groups in total. The van der Waals surface area contributed by atoms with E-state index in [1.54, 1.807) is 12.4 Å². The Morgan fingerprint density at radius 1 is 1.54 bits per heavy atom. The van der Waals surface area contributed by atoms with Crippen molar-refractivity contribution in [2.75, 3.05) is 0 Å². The van der Waals surface area contributed by atoms with E-state index in [9.17, 15) is 4.79 Å². The van der Waals surface area contributed by atoms with Crippen molar-refractivity contribution in [1.29, 1.82) is 0 Å². The van der Waals surface area contributed by atoms with Gasteiger partial charge in [0.15, 0.2) is 0 Å². The second-order valence-corrected chi connectivity index (χ2v) is 3.39. The highest BCUT2D eigenvalue weighted by Crippen LogP contribution is 2.40. The van der Waals surface area contributed by atoms with Crippen molar-refractivity contribution in [3.8, 4) is 0 Å². The maximum Gasteiger partial charge on any atom is 0.306 e. The molecule has 1 saturated carbocycles. The van der Waals surface area contributed by atoms with Gasteiger partial charge in [0.05, 0.1) is 5.92 Å². The molecule has 4 nitrogen and oxygen atoms in total. The number of nitrogens with zero attached hydrogens (tertiary/aromatic N) is 2. The molecule has 13 heavy (non-hydrogen) atoms. The van der Waals surface area contributed by atoms with E-state index in [1.165, 1.54) is 6.33 Å². The van der Waals surface area contributed by atoms with Gasteiger partial charge in [0.1, 0.15) is 6.33 Å². The molecule has 1 aromatic heterocycles. The van der Waals surface area contributed by atoms with Crippen LogP contribution in [0.2, 0.25) is 0 Å². The Balaban J connectivity index is 1.92. The summed E-state index contributed by atoms with van der Waals surface area (Å²) in [6.45, 7) is 0. The second kappa shape index (κ2) is 3.12. The van der Waals surface area contributed by atoms with Gasteiger partial charge in [0, 0.05) is 12.4 Å². The van der Waals surface area contributed by atoms with Gasteiger partial charge in [-0.2, -0.15) is 0 Å². The SMILES string of the molecule is O=C(O)[C@@H]1C[C@@H]1Cc1cncnc1. The molecule has 0 radical (unpaired) electrons. The molecule has 68 valence electrons. The van der Waals surface area contributed by atoms with Gasteiger partial charge < -0.3 is 5.11 Å². The fourth-order valence-corrected chi connectivity index (χ4v) is 1.51. The lowest BCUT2D eigenvalue weighted by atomic mass is 10.1. The van der Waals surface area contributed by atoms with Gasteiger partial charge in [-0.3, -0.25) is 4.79 Å². The first-order chi connectivity index (χ1) is 6.27. The largest absolute Gasteiger partial charge is 0.481 e. The molecule has 0 aliphatic heterocycles. The first-order valence-corrected chi connectivity index (χ1v) is 4.24. The van der Waals surface area contributed by atoms with Crippen LogP contribution < -0.4 is 0 Å². The Bertz CT molecular complexity index is 313. The average Bonchev–Trinajstić information content (AvgIpc) is 2.86. The van der Waals surface area contributed by atoms with E-state index < -0.39 is 5.97 Å². The van der Waals surface area contributed by atoms with Crippen molar-refractivity contribution in [3.05, 3.63) is 24.3 Å². The summed E-state index contributed by atoms with van der Waals surface area (Å²) in [7, 11) is 0. The van der Waals surface area contributed by atoms with Crippen LogP contribution in [0, 0.1) is 11.8 Å². The van der Waals surface area contributed by atoms with Gasteiger partial charge in [-0.15, -0.1) is 0 Å². The van der Waals surface area contributed by atoms with Crippen molar-refractivity contribution < 1.29 is 9.90 Å². The molecule has 0 unspecified atom stereocenters. The predicted octanol–water partition coefficient (Wildman–Crippen LogP) is 0.740. The average molecular weight is 178 g/mol. The van der Waals surface area contributed by atoms with E-state index in [1.807, 2.05) is 0 Å². The van der Waals surface area contributed by atoms with Crippen molar-refractivity contribution in [2.24, 2.45) is 11.8 Å². The molecule has 0 bridgehead atoms. The van der Waals surface area contributed by atoms with E-state index in [-0.39, 0.29) is 5.92 Å². The third-order valence-electron chi connectivity index (χ3n) is 2.35. The summed E-state index contributed by atoms with van der Waals surface area (Å²) in [4.78, 5) is 18.3. The van der Waals surface area contributed by atoms with Crippen molar-refractivity contribution in [2.45, 2.75) is 12.8 Å². The summed E-state index contributed by atoms with van der Waals surface area (Å²) in [6.07, 6.45) is 6.54. The molecular weight excluding hydrogens is 168 g/mol. The molecule has 1 heterocycles. The lowest BCUT2D eigenvalue weighted by Gasteiger charge is -1.96. The molecule has 1 aromatic rings. The number of carboxylic acids is 1. The zero-order valence-corrected chi connectivity index (χ0v) is 7.05. The summed E-state index contributed by atoms with van der Waals surface area (Å²) in [6, 6.07) is 0. The number of aliphatic carboxylic acids is 1. The summed E-state index contributed by atoms with van der Waals surface area (Å²) in [5, 5.41) is 8.67. The molecule has 0 aromatic carbocycles. The molecule has 0 saturated heterocycles. The maximum atomic E-state index is 10.5. The topological polar surface area (TPSA) is 63.1 Å². The monoisotopic (exact) mass is 178 g/mol. The molecule has 2 rings (SSSR count). The Hall–Kier alpha value is -1.45. The Morgan fingerprint density at radius 2 is 2.23 bits per heavy atom. The molecule has 0 spiro atoms. The third kappa shape index (κ3) is 1.83. The normalized spacial score (nSPS) is 25.5. The van der Waals surface area contributed by atoms with Crippen LogP contribution in [0.15, 0.2) is 18.7 Å². The third-order valence-corrected chi connectivity index (χ3v) is 2.35. The number of rotatable bonds is 3. The van der Waals surface area contributed by atoms with Crippen molar-refractivity contribution in [1.82, 2.24) is 9.97 Å². The predicted molar refractivity (Wildman–Crippen MR) is 45.0 cm³/mol. The highest BCUT2D eigenvalue weighted by molar-refractivity contribution is 5.73. The molecular formula is C9H10N2O2. The standard InChI is InChI=1S/C9H10N2O2/c12-9(13)8-2-7(8)1-6-3-10-5-11-4-6/h3-5,7-8H,1-2H2,(H,12,13)/t7-,8+/m0/s1. The molecule has 1 aliphatic rings. The highest BCUT2D eigenvalue weighted by atomic mass is 16.4. The van der Waals surface area contributed by atoms with Crippen LogP contribution in [0.3, 0.4) is 0 Å². The van der Waals surface area contributed by atoms with E-state index in [4.69, 9.17) is 5.11 Å². The number of carbonyl (C=O) groups is 1. The molecule has 4 heteroatoms. The Kier molecular flexibility index (Phi) is 1.96. The van der Waals surface area contributed by atoms with Crippen LogP contribution in [0.25, 0.3) is 0 Å². The molecule has 1 fully saturated rings. The number of carboxylic acid groups (broad SMARTS) is 1. The smallest absolute Gasteiger partial charge is 0.306 e. The Labute approximate surface area is 75.6 Å². The molecule has 0 amide bonds. The number of hydrogen-bond donors (Lipinski definition) is 1. The zero-order chi connectivity index (χ0) is 9.26. The first kappa shape index (κ1) is 8.16. The summed E-state index contributed by atoms with van der Waals surface area (Å²) >= 11 is 0. The quantitative estimate of drug-likeness (QED) is 0.741. The van der Waals surface area contributed by atoms with E-state index >= 15 is 0 Å². The molecule has 2 atom stereocenters. The van der Waals surface area contributed by atoms with Crippen LogP contribution in [-0.4, -0.2) is 21.0 Å². The number of aromatic nitrogens is 2.